The first-order chi connectivity index (χ1) is 3.84. The van der Waals surface area contributed by atoms with Gasteiger partial charge >= 0.3 is 0 Å². The van der Waals surface area contributed by atoms with Crippen LogP contribution in [0.15, 0.2) is 0 Å². The highest BCUT2D eigenvalue weighted by atomic mass is 35.5. The van der Waals surface area contributed by atoms with E-state index in [0.717, 1.165) is 5.92 Å². The fraction of sp³-hybridized carbons (Fsp3) is 1.00. The lowest BCUT2D eigenvalue weighted by atomic mass is 10.1. The second-order valence-corrected chi connectivity index (χ2v) is 2.79. The Morgan fingerprint density at radius 1 is 1.56 bits per heavy atom. The number of halogens is 1. The molecule has 9 heavy (non-hydrogen) atoms. The Morgan fingerprint density at radius 3 is 2.44 bits per heavy atom. The summed E-state index contributed by atoms with van der Waals surface area (Å²) in [4.78, 5) is 0. The molecule has 0 spiro atoms. The Kier molecular flexibility index (Phi) is 4.24. The summed E-state index contributed by atoms with van der Waals surface area (Å²) in [5.41, 5.74) is 5.79. The number of hydrogen-bond acceptors (Lipinski definition) is 1. The monoisotopic (exact) mass is 149 g/mol. The average molecular weight is 150 g/mol. The fourth-order valence-electron chi connectivity index (χ4n) is 1.09. The lowest BCUT2D eigenvalue weighted by Gasteiger charge is -2.05. The third-order valence-corrected chi connectivity index (χ3v) is 1.85. The maximum Gasteiger partial charge on any atom is 0.00670 e. The van der Waals surface area contributed by atoms with Gasteiger partial charge in [0.25, 0.3) is 0 Å². The number of nitrogens with two attached hydrogens (primary N) is 1. The minimum atomic E-state index is 0. The van der Waals surface area contributed by atoms with Crippen LogP contribution in [0.25, 0.3) is 0 Å². The van der Waals surface area contributed by atoms with Crippen LogP contribution in [-0.2, 0) is 0 Å². The van der Waals surface area contributed by atoms with E-state index in [1.165, 1.54) is 25.7 Å². The first kappa shape index (κ1) is 9.25. The number of rotatable bonds is 3. The molecule has 0 radical (unpaired) electrons. The van der Waals surface area contributed by atoms with Gasteiger partial charge in [-0.2, -0.15) is 0 Å². The van der Waals surface area contributed by atoms with Crippen molar-refractivity contribution in [1.29, 1.82) is 0 Å². The Hall–Kier alpha value is 0.250. The van der Waals surface area contributed by atoms with Gasteiger partial charge in [0.15, 0.2) is 0 Å². The summed E-state index contributed by atoms with van der Waals surface area (Å²) >= 11 is 0. The lowest BCUT2D eigenvalue weighted by Crippen LogP contribution is -2.21. The topological polar surface area (TPSA) is 26.0 Å². The van der Waals surface area contributed by atoms with Gasteiger partial charge in [-0.1, -0.05) is 13.3 Å². The van der Waals surface area contributed by atoms with Crippen molar-refractivity contribution in [2.24, 2.45) is 11.7 Å². The van der Waals surface area contributed by atoms with Crippen molar-refractivity contribution in [2.75, 3.05) is 0 Å². The number of hydrogen-bond donors (Lipinski definition) is 1. The lowest BCUT2D eigenvalue weighted by molar-refractivity contribution is 0.543. The van der Waals surface area contributed by atoms with Crippen molar-refractivity contribution >= 4 is 12.4 Å². The highest BCUT2D eigenvalue weighted by Gasteiger charge is 2.27. The molecule has 1 nitrogen and oxygen atoms in total. The smallest absolute Gasteiger partial charge is 0.00670 e. The van der Waals surface area contributed by atoms with E-state index >= 15 is 0 Å². The third-order valence-electron chi connectivity index (χ3n) is 1.85. The maximum absolute atomic E-state index is 5.79. The molecule has 2 N–H and O–H groups in total. The van der Waals surface area contributed by atoms with Gasteiger partial charge in [-0.3, -0.25) is 0 Å². The Bertz CT molecular complexity index is 71.3. The largest absolute Gasteiger partial charge is 0.327 e. The second kappa shape index (κ2) is 4.13. The summed E-state index contributed by atoms with van der Waals surface area (Å²) in [7, 11) is 0. The molecule has 2 heteroatoms. The van der Waals surface area contributed by atoms with Crippen LogP contribution in [0.3, 0.4) is 0 Å². The summed E-state index contributed by atoms with van der Waals surface area (Å²) < 4.78 is 0. The van der Waals surface area contributed by atoms with E-state index in [9.17, 15) is 0 Å². The zero-order valence-corrected chi connectivity index (χ0v) is 6.79. The second-order valence-electron chi connectivity index (χ2n) is 2.79. The van der Waals surface area contributed by atoms with E-state index < -0.39 is 0 Å². The van der Waals surface area contributed by atoms with Crippen LogP contribution < -0.4 is 5.73 Å². The minimum Gasteiger partial charge on any atom is -0.327 e. The van der Waals surface area contributed by atoms with Gasteiger partial charge < -0.3 is 5.73 Å². The summed E-state index contributed by atoms with van der Waals surface area (Å²) in [6, 6.07) is 0.528. The van der Waals surface area contributed by atoms with Crippen LogP contribution in [0, 0.1) is 5.92 Å². The van der Waals surface area contributed by atoms with E-state index in [1.54, 1.807) is 0 Å². The van der Waals surface area contributed by atoms with Crippen LogP contribution in [0.4, 0.5) is 0 Å². The third kappa shape index (κ3) is 3.07. The zero-order valence-electron chi connectivity index (χ0n) is 5.97. The van der Waals surface area contributed by atoms with Crippen molar-refractivity contribution in [3.63, 3.8) is 0 Å². The molecule has 1 unspecified atom stereocenters. The molecule has 1 aliphatic rings. The van der Waals surface area contributed by atoms with Gasteiger partial charge in [-0.15, -0.1) is 12.4 Å². The van der Waals surface area contributed by atoms with Crippen molar-refractivity contribution in [1.82, 2.24) is 0 Å². The summed E-state index contributed by atoms with van der Waals surface area (Å²) in [5, 5.41) is 0. The van der Waals surface area contributed by atoms with E-state index in [0.29, 0.717) is 6.04 Å². The van der Waals surface area contributed by atoms with Crippen molar-refractivity contribution in [3.8, 4) is 0 Å². The molecule has 0 aromatic carbocycles. The van der Waals surface area contributed by atoms with Crippen LogP contribution in [0.5, 0.6) is 0 Å². The van der Waals surface area contributed by atoms with Gasteiger partial charge in [0.2, 0.25) is 0 Å². The van der Waals surface area contributed by atoms with Gasteiger partial charge in [0, 0.05) is 6.04 Å². The summed E-state index contributed by atoms with van der Waals surface area (Å²) in [5.74, 6) is 0.898. The molecule has 1 aliphatic carbocycles. The molecule has 0 saturated heterocycles. The van der Waals surface area contributed by atoms with E-state index in [-0.39, 0.29) is 12.4 Å². The van der Waals surface area contributed by atoms with Gasteiger partial charge in [0.1, 0.15) is 0 Å². The predicted molar refractivity (Wildman–Crippen MR) is 42.9 cm³/mol. The standard InChI is InChI=1S/C7H15N.ClH/c1-2-3-7(8)6-4-5-6;/h6-7H,2-5,8H2,1H3;1H. The maximum atomic E-state index is 5.79. The van der Waals surface area contributed by atoms with E-state index in [2.05, 4.69) is 6.92 Å². The van der Waals surface area contributed by atoms with Gasteiger partial charge in [-0.05, 0) is 25.2 Å². The van der Waals surface area contributed by atoms with Crippen LogP contribution in [0.2, 0.25) is 0 Å². The highest BCUT2D eigenvalue weighted by molar-refractivity contribution is 5.85. The molecule has 1 atom stereocenters. The molecular formula is C7H16ClN. The van der Waals surface area contributed by atoms with Crippen LogP contribution in [0.1, 0.15) is 32.6 Å². The summed E-state index contributed by atoms with van der Waals surface area (Å²) in [6.45, 7) is 2.20. The average Bonchev–Trinajstić information content (AvgIpc) is 2.45. The molecule has 56 valence electrons. The molecule has 0 aromatic heterocycles. The first-order valence-corrected chi connectivity index (χ1v) is 3.60. The summed E-state index contributed by atoms with van der Waals surface area (Å²) in [6.07, 6.45) is 5.25. The molecular weight excluding hydrogens is 134 g/mol. The fourth-order valence-corrected chi connectivity index (χ4v) is 1.09. The normalized spacial score (nSPS) is 20.7. The van der Waals surface area contributed by atoms with Crippen molar-refractivity contribution in [3.05, 3.63) is 0 Å². The Balaban J connectivity index is 0.000000640. The van der Waals surface area contributed by atoms with Crippen molar-refractivity contribution < 1.29 is 0 Å². The highest BCUT2D eigenvalue weighted by Crippen LogP contribution is 2.32. The van der Waals surface area contributed by atoms with E-state index in [4.69, 9.17) is 5.73 Å². The predicted octanol–water partition coefficient (Wildman–Crippen LogP) is 1.95. The van der Waals surface area contributed by atoms with Crippen molar-refractivity contribution in [2.45, 2.75) is 38.6 Å². The van der Waals surface area contributed by atoms with Crippen LogP contribution >= 0.6 is 12.4 Å². The van der Waals surface area contributed by atoms with Gasteiger partial charge in [0.05, 0.1) is 0 Å². The minimum absolute atomic E-state index is 0. The Labute approximate surface area is 63.4 Å². The molecule has 1 rings (SSSR count). The quantitative estimate of drug-likeness (QED) is 0.652. The molecule has 0 heterocycles. The molecule has 1 saturated carbocycles. The van der Waals surface area contributed by atoms with Crippen LogP contribution in [-0.4, -0.2) is 6.04 Å². The van der Waals surface area contributed by atoms with E-state index in [1.807, 2.05) is 0 Å². The zero-order chi connectivity index (χ0) is 5.98. The SMILES string of the molecule is CCCC(N)C1CC1.Cl. The molecule has 0 bridgehead atoms. The molecule has 0 aromatic rings. The first-order valence-electron chi connectivity index (χ1n) is 3.60. The Morgan fingerprint density at radius 2 is 2.11 bits per heavy atom. The van der Waals surface area contributed by atoms with Gasteiger partial charge in [-0.25, -0.2) is 0 Å². The molecule has 0 amide bonds. The molecule has 1 fully saturated rings. The molecule has 0 aliphatic heterocycles.